The van der Waals surface area contributed by atoms with E-state index in [0.717, 1.165) is 11.1 Å². The lowest BCUT2D eigenvalue weighted by atomic mass is 10.0. The molecule has 0 radical (unpaired) electrons. The van der Waals surface area contributed by atoms with Gasteiger partial charge in [0.1, 0.15) is 11.6 Å². The van der Waals surface area contributed by atoms with Crippen LogP contribution in [-0.2, 0) is 9.84 Å². The van der Waals surface area contributed by atoms with Gasteiger partial charge in [-0.2, -0.15) is 0 Å². The van der Waals surface area contributed by atoms with Gasteiger partial charge in [0.05, 0.1) is 10.4 Å². The van der Waals surface area contributed by atoms with Crippen LogP contribution in [0.5, 0.6) is 0 Å². The average molecular weight is 409 g/mol. The Hall–Kier alpha value is -3.12. The van der Waals surface area contributed by atoms with E-state index in [1.54, 1.807) is 18.2 Å². The normalized spacial score (nSPS) is 11.7. The molecule has 6 heteroatoms. The van der Waals surface area contributed by atoms with E-state index >= 15 is 0 Å². The first-order valence-corrected chi connectivity index (χ1v) is 10.4. The summed E-state index contributed by atoms with van der Waals surface area (Å²) in [6, 6.07) is 15.9. The maximum absolute atomic E-state index is 13.9. The van der Waals surface area contributed by atoms with E-state index in [2.05, 4.69) is 4.98 Å². The SMILES string of the molecule is Cc1ccc(S(=O)(=O)c2cc(-c3cccc(F)c3)c3cc(F)ccc3n2)cc1C. The smallest absolute Gasteiger partial charge is 0.223 e. The third kappa shape index (κ3) is 3.51. The predicted octanol–water partition coefficient (Wildman–Crippen LogP) is 5.63. The van der Waals surface area contributed by atoms with Crippen LogP contribution in [-0.4, -0.2) is 13.4 Å². The number of aryl methyl sites for hydroxylation is 2. The number of halogens is 2. The molecule has 146 valence electrons. The molecule has 0 bridgehead atoms. The Balaban J connectivity index is 2.01. The number of hydrogen-bond acceptors (Lipinski definition) is 3. The highest BCUT2D eigenvalue weighted by Gasteiger charge is 2.22. The van der Waals surface area contributed by atoms with E-state index in [-0.39, 0.29) is 9.92 Å². The van der Waals surface area contributed by atoms with Gasteiger partial charge in [-0.25, -0.2) is 22.2 Å². The van der Waals surface area contributed by atoms with Crippen LogP contribution >= 0.6 is 0 Å². The minimum absolute atomic E-state index is 0.125. The molecule has 4 aromatic rings. The van der Waals surface area contributed by atoms with Crippen LogP contribution in [0.4, 0.5) is 8.78 Å². The van der Waals surface area contributed by atoms with Crippen molar-refractivity contribution in [2.24, 2.45) is 0 Å². The van der Waals surface area contributed by atoms with Crippen molar-refractivity contribution < 1.29 is 17.2 Å². The van der Waals surface area contributed by atoms with Crippen LogP contribution in [0.15, 0.2) is 76.7 Å². The number of nitrogens with zero attached hydrogens (tertiary/aromatic N) is 1. The second-order valence-corrected chi connectivity index (χ2v) is 8.83. The standard InChI is InChI=1S/C23H17F2NO2S/c1-14-6-8-19(10-15(14)2)29(27,28)23-13-20(16-4-3-5-17(24)11-16)21-12-18(25)7-9-22(21)26-23/h3-13H,1-2H3. The quantitative estimate of drug-likeness (QED) is 0.441. The topological polar surface area (TPSA) is 47.0 Å². The zero-order chi connectivity index (χ0) is 20.8. The van der Waals surface area contributed by atoms with Crippen LogP contribution in [0.25, 0.3) is 22.0 Å². The van der Waals surface area contributed by atoms with Gasteiger partial charge in [-0.15, -0.1) is 0 Å². The lowest BCUT2D eigenvalue weighted by Gasteiger charge is -2.12. The van der Waals surface area contributed by atoms with Crippen molar-refractivity contribution in [2.75, 3.05) is 0 Å². The molecule has 0 saturated carbocycles. The minimum atomic E-state index is -3.92. The summed E-state index contributed by atoms with van der Waals surface area (Å²) in [4.78, 5) is 4.40. The van der Waals surface area contributed by atoms with Gasteiger partial charge in [-0.1, -0.05) is 18.2 Å². The van der Waals surface area contributed by atoms with E-state index in [9.17, 15) is 17.2 Å². The number of benzene rings is 3. The van der Waals surface area contributed by atoms with Crippen molar-refractivity contribution >= 4 is 20.7 Å². The molecule has 3 nitrogen and oxygen atoms in total. The molecular formula is C23H17F2NO2S. The summed E-state index contributed by atoms with van der Waals surface area (Å²) < 4.78 is 54.2. The minimum Gasteiger partial charge on any atom is -0.236 e. The fraction of sp³-hybridized carbons (Fsp3) is 0.0870. The zero-order valence-corrected chi connectivity index (χ0v) is 16.6. The molecule has 0 aliphatic heterocycles. The van der Waals surface area contributed by atoms with E-state index in [4.69, 9.17) is 0 Å². The van der Waals surface area contributed by atoms with Gasteiger partial charge in [-0.3, -0.25) is 0 Å². The molecular weight excluding hydrogens is 392 g/mol. The van der Waals surface area contributed by atoms with Gasteiger partial charge in [0, 0.05) is 5.39 Å². The average Bonchev–Trinajstić information content (AvgIpc) is 2.69. The third-order valence-electron chi connectivity index (χ3n) is 4.95. The highest BCUT2D eigenvalue weighted by atomic mass is 32.2. The molecule has 0 saturated heterocycles. The summed E-state index contributed by atoms with van der Waals surface area (Å²) in [7, 11) is -3.92. The van der Waals surface area contributed by atoms with E-state index in [1.807, 2.05) is 13.8 Å². The molecule has 29 heavy (non-hydrogen) atoms. The predicted molar refractivity (Wildman–Crippen MR) is 108 cm³/mol. The molecule has 0 aliphatic carbocycles. The first-order valence-electron chi connectivity index (χ1n) is 8.94. The van der Waals surface area contributed by atoms with Crippen LogP contribution in [0, 0.1) is 25.5 Å². The molecule has 0 unspecified atom stereocenters. The van der Waals surface area contributed by atoms with Crippen LogP contribution in [0.3, 0.4) is 0 Å². The molecule has 1 aromatic heterocycles. The van der Waals surface area contributed by atoms with Gasteiger partial charge >= 0.3 is 0 Å². The summed E-state index contributed by atoms with van der Waals surface area (Å²) in [6.07, 6.45) is 0. The molecule has 0 amide bonds. The van der Waals surface area contributed by atoms with Crippen LogP contribution < -0.4 is 0 Å². The third-order valence-corrected chi connectivity index (χ3v) is 6.58. The summed E-state index contributed by atoms with van der Waals surface area (Å²) in [5, 5.41) is 0.244. The van der Waals surface area contributed by atoms with Crippen LogP contribution in [0.1, 0.15) is 11.1 Å². The van der Waals surface area contributed by atoms with Crippen molar-refractivity contribution in [3.63, 3.8) is 0 Å². The van der Waals surface area contributed by atoms with Crippen molar-refractivity contribution in [3.05, 3.63) is 89.5 Å². The van der Waals surface area contributed by atoms with Crippen molar-refractivity contribution in [1.82, 2.24) is 4.98 Å². The number of sulfone groups is 1. The first-order chi connectivity index (χ1) is 13.8. The highest BCUT2D eigenvalue weighted by Crippen LogP contribution is 2.33. The van der Waals surface area contributed by atoms with Crippen molar-refractivity contribution in [3.8, 4) is 11.1 Å². The monoisotopic (exact) mass is 409 g/mol. The molecule has 1 heterocycles. The van der Waals surface area contributed by atoms with E-state index in [1.165, 1.54) is 48.5 Å². The lowest BCUT2D eigenvalue weighted by molar-refractivity contribution is 0.593. The lowest BCUT2D eigenvalue weighted by Crippen LogP contribution is -2.06. The maximum Gasteiger partial charge on any atom is 0.223 e. The Morgan fingerprint density at radius 2 is 1.55 bits per heavy atom. The number of hydrogen-bond donors (Lipinski definition) is 0. The molecule has 3 aromatic carbocycles. The number of fused-ring (bicyclic) bond motifs is 1. The Kier molecular flexibility index (Phi) is 4.67. The number of rotatable bonds is 3. The summed E-state index contributed by atoms with van der Waals surface area (Å²) in [5.41, 5.74) is 2.98. The van der Waals surface area contributed by atoms with Gasteiger partial charge < -0.3 is 0 Å². The summed E-state index contributed by atoms with van der Waals surface area (Å²) >= 11 is 0. The maximum atomic E-state index is 13.9. The summed E-state index contributed by atoms with van der Waals surface area (Å²) in [5.74, 6) is -0.954. The number of aromatic nitrogens is 1. The second-order valence-electron chi connectivity index (χ2n) is 6.93. The fourth-order valence-electron chi connectivity index (χ4n) is 3.21. The summed E-state index contributed by atoms with van der Waals surface area (Å²) in [6.45, 7) is 3.74. The molecule has 0 aliphatic rings. The van der Waals surface area contributed by atoms with E-state index < -0.39 is 21.5 Å². The van der Waals surface area contributed by atoms with Gasteiger partial charge in [0.15, 0.2) is 5.03 Å². The molecule has 0 atom stereocenters. The largest absolute Gasteiger partial charge is 0.236 e. The van der Waals surface area contributed by atoms with Crippen molar-refractivity contribution in [2.45, 2.75) is 23.8 Å². The van der Waals surface area contributed by atoms with E-state index in [0.29, 0.717) is 22.0 Å². The van der Waals surface area contributed by atoms with Gasteiger partial charge in [0.2, 0.25) is 9.84 Å². The Morgan fingerprint density at radius 3 is 2.28 bits per heavy atom. The van der Waals surface area contributed by atoms with Gasteiger partial charge in [-0.05, 0) is 84.6 Å². The molecule has 0 spiro atoms. The fourth-order valence-corrected chi connectivity index (χ4v) is 4.52. The molecule has 0 fully saturated rings. The Labute approximate surface area is 167 Å². The second kappa shape index (κ2) is 7.04. The number of pyridine rings is 1. The van der Waals surface area contributed by atoms with Gasteiger partial charge in [0.25, 0.3) is 0 Å². The highest BCUT2D eigenvalue weighted by molar-refractivity contribution is 7.91. The Morgan fingerprint density at radius 1 is 0.793 bits per heavy atom. The first kappa shape index (κ1) is 19.2. The Bertz CT molecular complexity index is 1360. The molecule has 4 rings (SSSR count). The molecule has 0 N–H and O–H groups in total. The van der Waals surface area contributed by atoms with Crippen LogP contribution in [0.2, 0.25) is 0 Å². The zero-order valence-electron chi connectivity index (χ0n) is 15.8. The van der Waals surface area contributed by atoms with Crippen molar-refractivity contribution in [1.29, 1.82) is 0 Å².